The standard InChI is InChI=1S/C10H13NO/c1-7-2-3-8-5-9(6-12)11-10(8)4-7/h3-4,6-7,9,11H,2,5H2,1H3. The van der Waals surface area contributed by atoms with E-state index in [-0.39, 0.29) is 6.04 Å². The lowest BCUT2D eigenvalue weighted by molar-refractivity contribution is -0.109. The van der Waals surface area contributed by atoms with Crippen molar-refractivity contribution in [2.45, 2.75) is 25.8 Å². The molecule has 1 aliphatic heterocycles. The van der Waals surface area contributed by atoms with E-state index in [2.05, 4.69) is 24.4 Å². The van der Waals surface area contributed by atoms with E-state index in [4.69, 9.17) is 0 Å². The number of hydrogen-bond donors (Lipinski definition) is 1. The predicted molar refractivity (Wildman–Crippen MR) is 47.6 cm³/mol. The van der Waals surface area contributed by atoms with Crippen molar-refractivity contribution in [2.75, 3.05) is 0 Å². The van der Waals surface area contributed by atoms with Crippen molar-refractivity contribution in [3.8, 4) is 0 Å². The molecule has 2 heteroatoms. The van der Waals surface area contributed by atoms with Crippen LogP contribution in [0.4, 0.5) is 0 Å². The van der Waals surface area contributed by atoms with E-state index in [0.717, 1.165) is 19.1 Å². The zero-order valence-corrected chi connectivity index (χ0v) is 7.21. The van der Waals surface area contributed by atoms with E-state index in [1.165, 1.54) is 11.3 Å². The molecule has 1 N–H and O–H groups in total. The third-order valence-corrected chi connectivity index (χ3v) is 2.48. The first-order valence-electron chi connectivity index (χ1n) is 4.42. The van der Waals surface area contributed by atoms with Gasteiger partial charge >= 0.3 is 0 Å². The Morgan fingerprint density at radius 3 is 3.25 bits per heavy atom. The fraction of sp³-hybridized carbons (Fsp3) is 0.500. The first-order valence-corrected chi connectivity index (χ1v) is 4.42. The van der Waals surface area contributed by atoms with Crippen LogP contribution >= 0.6 is 0 Å². The topological polar surface area (TPSA) is 29.1 Å². The van der Waals surface area contributed by atoms with Crippen LogP contribution in [0.2, 0.25) is 0 Å². The summed E-state index contributed by atoms with van der Waals surface area (Å²) in [7, 11) is 0. The van der Waals surface area contributed by atoms with Gasteiger partial charge in [0.05, 0.1) is 6.04 Å². The average molecular weight is 163 g/mol. The summed E-state index contributed by atoms with van der Waals surface area (Å²) >= 11 is 0. The molecule has 0 amide bonds. The van der Waals surface area contributed by atoms with Gasteiger partial charge in [0, 0.05) is 12.1 Å². The second-order valence-corrected chi connectivity index (χ2v) is 3.61. The molecule has 0 aromatic carbocycles. The SMILES string of the molecule is CC1C=C2NC(C=O)CC2=CC1. The van der Waals surface area contributed by atoms with Gasteiger partial charge in [0.1, 0.15) is 6.29 Å². The molecule has 1 heterocycles. The highest BCUT2D eigenvalue weighted by Gasteiger charge is 2.24. The minimum Gasteiger partial charge on any atom is -0.375 e. The van der Waals surface area contributed by atoms with Crippen molar-refractivity contribution >= 4 is 6.29 Å². The summed E-state index contributed by atoms with van der Waals surface area (Å²) in [5.74, 6) is 0.613. The number of carbonyl (C=O) groups excluding carboxylic acids is 1. The maximum absolute atomic E-state index is 10.5. The van der Waals surface area contributed by atoms with E-state index in [0.29, 0.717) is 5.92 Å². The third-order valence-electron chi connectivity index (χ3n) is 2.48. The van der Waals surface area contributed by atoms with Crippen LogP contribution in [-0.2, 0) is 4.79 Å². The Labute approximate surface area is 72.3 Å². The molecule has 0 saturated carbocycles. The van der Waals surface area contributed by atoms with Gasteiger partial charge in [-0.3, -0.25) is 0 Å². The highest BCUT2D eigenvalue weighted by Crippen LogP contribution is 2.29. The van der Waals surface area contributed by atoms with E-state index < -0.39 is 0 Å². The highest BCUT2D eigenvalue weighted by atomic mass is 16.1. The van der Waals surface area contributed by atoms with Crippen LogP contribution in [0.5, 0.6) is 0 Å². The van der Waals surface area contributed by atoms with Crippen molar-refractivity contribution in [3.05, 3.63) is 23.4 Å². The van der Waals surface area contributed by atoms with E-state index in [9.17, 15) is 4.79 Å². The molecule has 2 rings (SSSR count). The van der Waals surface area contributed by atoms with Gasteiger partial charge in [0.25, 0.3) is 0 Å². The molecule has 2 nitrogen and oxygen atoms in total. The summed E-state index contributed by atoms with van der Waals surface area (Å²) in [6.07, 6.45) is 7.45. The molecule has 0 spiro atoms. The van der Waals surface area contributed by atoms with Crippen LogP contribution in [-0.4, -0.2) is 12.3 Å². The summed E-state index contributed by atoms with van der Waals surface area (Å²) < 4.78 is 0. The monoisotopic (exact) mass is 163 g/mol. The van der Waals surface area contributed by atoms with Crippen LogP contribution in [0.25, 0.3) is 0 Å². The van der Waals surface area contributed by atoms with Crippen LogP contribution in [0, 0.1) is 5.92 Å². The van der Waals surface area contributed by atoms with Gasteiger partial charge in [-0.2, -0.15) is 0 Å². The average Bonchev–Trinajstić information content (AvgIpc) is 2.46. The van der Waals surface area contributed by atoms with Gasteiger partial charge < -0.3 is 10.1 Å². The van der Waals surface area contributed by atoms with E-state index >= 15 is 0 Å². The molecule has 1 aliphatic carbocycles. The molecular formula is C10H13NO. The minimum absolute atomic E-state index is 0.0211. The van der Waals surface area contributed by atoms with Gasteiger partial charge in [-0.15, -0.1) is 0 Å². The van der Waals surface area contributed by atoms with Crippen LogP contribution in [0.1, 0.15) is 19.8 Å². The maximum atomic E-state index is 10.5. The Balaban J connectivity index is 2.21. The van der Waals surface area contributed by atoms with Crippen LogP contribution < -0.4 is 5.32 Å². The second kappa shape index (κ2) is 2.77. The molecule has 12 heavy (non-hydrogen) atoms. The second-order valence-electron chi connectivity index (χ2n) is 3.61. The largest absolute Gasteiger partial charge is 0.375 e. The number of hydrogen-bond acceptors (Lipinski definition) is 2. The Morgan fingerprint density at radius 2 is 2.50 bits per heavy atom. The van der Waals surface area contributed by atoms with E-state index in [1.807, 2.05) is 0 Å². The highest BCUT2D eigenvalue weighted by molar-refractivity contribution is 5.63. The van der Waals surface area contributed by atoms with E-state index in [1.54, 1.807) is 0 Å². The fourth-order valence-electron chi connectivity index (χ4n) is 1.80. The first-order chi connectivity index (χ1) is 5.79. The summed E-state index contributed by atoms with van der Waals surface area (Å²) in [5, 5.41) is 3.20. The lowest BCUT2D eigenvalue weighted by atomic mass is 9.96. The fourth-order valence-corrected chi connectivity index (χ4v) is 1.80. The summed E-state index contributed by atoms with van der Waals surface area (Å²) in [6.45, 7) is 2.19. The van der Waals surface area contributed by atoms with Crippen molar-refractivity contribution in [1.82, 2.24) is 5.32 Å². The minimum atomic E-state index is 0.0211. The number of nitrogens with one attached hydrogen (secondary N) is 1. The molecule has 0 aromatic heterocycles. The zero-order valence-electron chi connectivity index (χ0n) is 7.21. The zero-order chi connectivity index (χ0) is 8.55. The number of aldehydes is 1. The number of carbonyl (C=O) groups is 1. The van der Waals surface area contributed by atoms with Crippen molar-refractivity contribution in [2.24, 2.45) is 5.92 Å². The number of allylic oxidation sites excluding steroid dienone is 3. The molecule has 2 atom stereocenters. The lowest BCUT2D eigenvalue weighted by Gasteiger charge is -2.12. The smallest absolute Gasteiger partial charge is 0.142 e. The van der Waals surface area contributed by atoms with Gasteiger partial charge in [-0.1, -0.05) is 19.1 Å². The summed E-state index contributed by atoms with van der Waals surface area (Å²) in [6, 6.07) is 0.0211. The molecule has 0 aromatic rings. The molecule has 1 saturated heterocycles. The van der Waals surface area contributed by atoms with Crippen molar-refractivity contribution < 1.29 is 4.79 Å². The summed E-state index contributed by atoms with van der Waals surface area (Å²) in [5.41, 5.74) is 2.51. The molecule has 0 bridgehead atoms. The third kappa shape index (κ3) is 1.17. The molecule has 2 unspecified atom stereocenters. The van der Waals surface area contributed by atoms with Gasteiger partial charge in [0.2, 0.25) is 0 Å². The Kier molecular flexibility index (Phi) is 1.75. The molecule has 2 aliphatic rings. The Bertz CT molecular complexity index is 265. The van der Waals surface area contributed by atoms with Crippen molar-refractivity contribution in [3.63, 3.8) is 0 Å². The molecular weight excluding hydrogens is 150 g/mol. The van der Waals surface area contributed by atoms with Crippen LogP contribution in [0.3, 0.4) is 0 Å². The number of fused-ring (bicyclic) bond motifs is 1. The quantitative estimate of drug-likeness (QED) is 0.592. The normalized spacial score (nSPS) is 33.1. The number of rotatable bonds is 1. The first kappa shape index (κ1) is 7.59. The summed E-state index contributed by atoms with van der Waals surface area (Å²) in [4.78, 5) is 10.5. The molecule has 64 valence electrons. The predicted octanol–water partition coefficient (Wildman–Crippen LogP) is 1.40. The Hall–Kier alpha value is -1.05. The van der Waals surface area contributed by atoms with Gasteiger partial charge in [0.15, 0.2) is 0 Å². The molecule has 0 radical (unpaired) electrons. The van der Waals surface area contributed by atoms with Crippen LogP contribution in [0.15, 0.2) is 23.4 Å². The Morgan fingerprint density at radius 1 is 1.67 bits per heavy atom. The maximum Gasteiger partial charge on any atom is 0.142 e. The van der Waals surface area contributed by atoms with Gasteiger partial charge in [-0.25, -0.2) is 0 Å². The lowest BCUT2D eigenvalue weighted by Crippen LogP contribution is -2.21. The molecule has 1 fully saturated rings. The van der Waals surface area contributed by atoms with Crippen molar-refractivity contribution in [1.29, 1.82) is 0 Å². The van der Waals surface area contributed by atoms with Gasteiger partial charge in [-0.05, 0) is 17.9 Å².